The molecule has 9 nitrogen and oxygen atoms in total. The number of carbonyl (C=O) groups excluding carboxylic acids is 1. The number of methoxy groups -OCH3 is 2. The highest BCUT2D eigenvalue weighted by atomic mass is 16.6. The van der Waals surface area contributed by atoms with E-state index in [1.807, 2.05) is 6.92 Å². The zero-order valence-electron chi connectivity index (χ0n) is 17.4. The van der Waals surface area contributed by atoms with E-state index in [2.05, 4.69) is 0 Å². The number of esters is 1. The lowest BCUT2D eigenvalue weighted by atomic mass is 9.93. The Hall–Kier alpha value is -2.07. The van der Waals surface area contributed by atoms with Crippen molar-refractivity contribution in [3.05, 3.63) is 11.6 Å². The van der Waals surface area contributed by atoms with Crippen LogP contribution in [0.2, 0.25) is 0 Å². The second-order valence-corrected chi connectivity index (χ2v) is 6.41. The highest BCUT2D eigenvalue weighted by Crippen LogP contribution is 2.50. The van der Waals surface area contributed by atoms with Crippen molar-refractivity contribution in [1.29, 1.82) is 0 Å². The van der Waals surface area contributed by atoms with Gasteiger partial charge in [0, 0.05) is 18.2 Å². The molecule has 0 amide bonds. The summed E-state index contributed by atoms with van der Waals surface area (Å²) < 4.78 is 38.3. The normalized spacial score (nSPS) is 15.6. The van der Waals surface area contributed by atoms with Crippen LogP contribution in [-0.2, 0) is 19.0 Å². The minimum atomic E-state index is -0.274. The van der Waals surface area contributed by atoms with E-state index in [1.54, 1.807) is 13.2 Å². The molecule has 1 unspecified atom stereocenters. The van der Waals surface area contributed by atoms with Crippen molar-refractivity contribution in [1.82, 2.24) is 0 Å². The van der Waals surface area contributed by atoms with Gasteiger partial charge in [-0.1, -0.05) is 6.92 Å². The second-order valence-electron chi connectivity index (χ2n) is 6.41. The Kier molecular flexibility index (Phi) is 9.99. The van der Waals surface area contributed by atoms with Crippen LogP contribution in [0.25, 0.3) is 0 Å². The highest BCUT2D eigenvalue weighted by Gasteiger charge is 2.31. The topological polar surface area (TPSA) is 108 Å². The number of hydrogen-bond acceptors (Lipinski definition) is 9. The molecule has 0 bridgehead atoms. The summed E-state index contributed by atoms with van der Waals surface area (Å²) in [4.78, 5) is 11.7. The average Bonchev–Trinajstić information content (AvgIpc) is 2.71. The predicted octanol–water partition coefficient (Wildman–Crippen LogP) is 1.50. The molecule has 1 aromatic carbocycles. The summed E-state index contributed by atoms with van der Waals surface area (Å²) in [5.41, 5.74) is 6.13. The van der Waals surface area contributed by atoms with Crippen molar-refractivity contribution in [2.45, 2.75) is 19.3 Å². The number of benzene rings is 1. The van der Waals surface area contributed by atoms with Crippen molar-refractivity contribution in [3.8, 4) is 23.0 Å². The van der Waals surface area contributed by atoms with Crippen LogP contribution in [0.5, 0.6) is 23.0 Å². The van der Waals surface area contributed by atoms with Gasteiger partial charge in [0.2, 0.25) is 5.75 Å². The van der Waals surface area contributed by atoms with Gasteiger partial charge in [-0.25, -0.2) is 0 Å². The summed E-state index contributed by atoms with van der Waals surface area (Å²) in [6.07, 6.45) is 0.287. The van der Waals surface area contributed by atoms with E-state index in [0.29, 0.717) is 75.8 Å². The van der Waals surface area contributed by atoms with Gasteiger partial charge in [0.1, 0.15) is 12.4 Å². The van der Waals surface area contributed by atoms with Crippen molar-refractivity contribution in [3.63, 3.8) is 0 Å². The third-order valence-electron chi connectivity index (χ3n) is 4.30. The Morgan fingerprint density at radius 3 is 2.17 bits per heavy atom. The third-order valence-corrected chi connectivity index (χ3v) is 4.30. The van der Waals surface area contributed by atoms with Crippen LogP contribution in [0, 0.1) is 0 Å². The summed E-state index contributed by atoms with van der Waals surface area (Å²) in [6.45, 7) is 5.62. The van der Waals surface area contributed by atoms with E-state index in [-0.39, 0.29) is 18.3 Å². The molecule has 0 radical (unpaired) electrons. The first-order valence-electron chi connectivity index (χ1n) is 9.68. The fraction of sp³-hybridized carbons (Fsp3) is 0.650. The number of rotatable bonds is 14. The van der Waals surface area contributed by atoms with Gasteiger partial charge in [0.25, 0.3) is 0 Å². The van der Waals surface area contributed by atoms with E-state index in [1.165, 1.54) is 7.11 Å². The minimum Gasteiger partial charge on any atom is -0.493 e. The Labute approximate surface area is 171 Å². The SMILES string of the molecule is COc1cc2c(c(OC)c1OCCOCCOCCOCCN)C(C)CC(=O)O2. The van der Waals surface area contributed by atoms with Crippen LogP contribution >= 0.6 is 0 Å². The second kappa shape index (κ2) is 12.5. The van der Waals surface area contributed by atoms with Crippen molar-refractivity contribution < 1.29 is 38.0 Å². The maximum atomic E-state index is 11.7. The number of nitrogens with two attached hydrogens (primary N) is 1. The number of ether oxygens (including phenoxy) is 7. The number of hydrogen-bond donors (Lipinski definition) is 1. The highest BCUT2D eigenvalue weighted by molar-refractivity contribution is 5.79. The molecule has 2 rings (SSSR count). The van der Waals surface area contributed by atoms with Gasteiger partial charge >= 0.3 is 5.97 Å². The molecule has 0 spiro atoms. The quantitative estimate of drug-likeness (QED) is 0.276. The molecular formula is C20H31NO8. The molecule has 1 atom stereocenters. The summed E-state index contributed by atoms with van der Waals surface area (Å²) in [5, 5.41) is 0. The van der Waals surface area contributed by atoms with Gasteiger partial charge in [-0.05, 0) is 5.92 Å². The summed E-state index contributed by atoms with van der Waals surface area (Å²) in [5.74, 6) is 1.54. The standard InChI is InChI=1S/C20H31NO8/c1-14-12-17(22)29-15-13-16(23-2)19(20(24-3)18(14)15)28-11-10-27-9-8-26-7-6-25-5-4-21/h13-14H,4-12,21H2,1-3H3. The first kappa shape index (κ1) is 23.2. The van der Waals surface area contributed by atoms with Gasteiger partial charge < -0.3 is 38.9 Å². The van der Waals surface area contributed by atoms with Crippen LogP contribution in [0.1, 0.15) is 24.8 Å². The van der Waals surface area contributed by atoms with Crippen LogP contribution < -0.4 is 24.7 Å². The fourth-order valence-electron chi connectivity index (χ4n) is 2.99. The maximum Gasteiger partial charge on any atom is 0.311 e. The Morgan fingerprint density at radius 1 is 0.966 bits per heavy atom. The van der Waals surface area contributed by atoms with Gasteiger partial charge in [-0.3, -0.25) is 4.79 Å². The van der Waals surface area contributed by atoms with Gasteiger partial charge in [-0.2, -0.15) is 0 Å². The Morgan fingerprint density at radius 2 is 1.59 bits per heavy atom. The number of fused-ring (bicyclic) bond motifs is 1. The molecule has 164 valence electrons. The summed E-state index contributed by atoms with van der Waals surface area (Å²) in [6, 6.07) is 1.65. The first-order valence-corrected chi connectivity index (χ1v) is 9.68. The van der Waals surface area contributed by atoms with Crippen molar-refractivity contribution in [2.75, 3.05) is 67.0 Å². The van der Waals surface area contributed by atoms with E-state index < -0.39 is 0 Å². The maximum absolute atomic E-state index is 11.7. The van der Waals surface area contributed by atoms with E-state index in [9.17, 15) is 4.79 Å². The van der Waals surface area contributed by atoms with E-state index >= 15 is 0 Å². The smallest absolute Gasteiger partial charge is 0.311 e. The largest absolute Gasteiger partial charge is 0.493 e. The lowest BCUT2D eigenvalue weighted by Crippen LogP contribution is -2.20. The minimum absolute atomic E-state index is 0.0447. The Bertz CT molecular complexity index is 652. The van der Waals surface area contributed by atoms with Crippen LogP contribution in [0.15, 0.2) is 6.07 Å². The number of carbonyl (C=O) groups is 1. The van der Waals surface area contributed by atoms with Crippen LogP contribution in [0.4, 0.5) is 0 Å². The fourth-order valence-corrected chi connectivity index (χ4v) is 2.99. The van der Waals surface area contributed by atoms with Gasteiger partial charge in [-0.15, -0.1) is 0 Å². The van der Waals surface area contributed by atoms with Gasteiger partial charge in [0.15, 0.2) is 11.5 Å². The predicted molar refractivity (Wildman–Crippen MR) is 105 cm³/mol. The van der Waals surface area contributed by atoms with Crippen molar-refractivity contribution in [2.24, 2.45) is 5.73 Å². The molecule has 0 aromatic heterocycles. The molecule has 9 heteroatoms. The molecule has 1 aliphatic rings. The lowest BCUT2D eigenvalue weighted by molar-refractivity contribution is -0.135. The molecule has 29 heavy (non-hydrogen) atoms. The molecular weight excluding hydrogens is 382 g/mol. The molecule has 0 fully saturated rings. The zero-order valence-corrected chi connectivity index (χ0v) is 17.4. The molecule has 0 aliphatic carbocycles. The zero-order chi connectivity index (χ0) is 21.1. The molecule has 2 N–H and O–H groups in total. The lowest BCUT2D eigenvalue weighted by Gasteiger charge is -2.26. The van der Waals surface area contributed by atoms with E-state index in [4.69, 9.17) is 38.9 Å². The molecule has 0 saturated carbocycles. The van der Waals surface area contributed by atoms with Crippen LogP contribution in [-0.4, -0.2) is 73.0 Å². The first-order chi connectivity index (χ1) is 14.1. The molecule has 0 saturated heterocycles. The molecule has 1 heterocycles. The van der Waals surface area contributed by atoms with Crippen LogP contribution in [0.3, 0.4) is 0 Å². The van der Waals surface area contributed by atoms with Crippen molar-refractivity contribution >= 4 is 5.97 Å². The van der Waals surface area contributed by atoms with E-state index in [0.717, 1.165) is 5.56 Å². The summed E-state index contributed by atoms with van der Waals surface area (Å²) >= 11 is 0. The average molecular weight is 413 g/mol. The van der Waals surface area contributed by atoms with Gasteiger partial charge in [0.05, 0.1) is 60.3 Å². The molecule has 1 aromatic rings. The third kappa shape index (κ3) is 6.74. The summed E-state index contributed by atoms with van der Waals surface area (Å²) in [7, 11) is 3.07. The monoisotopic (exact) mass is 413 g/mol. The molecule has 1 aliphatic heterocycles. The Balaban J connectivity index is 1.83.